The van der Waals surface area contributed by atoms with Crippen molar-refractivity contribution >= 4 is 28.3 Å². The van der Waals surface area contributed by atoms with Gasteiger partial charge < -0.3 is 4.74 Å². The van der Waals surface area contributed by atoms with E-state index in [1.807, 2.05) is 61.5 Å². The first-order valence-electron chi connectivity index (χ1n) is 10.6. The number of rotatable bonds is 8. The summed E-state index contributed by atoms with van der Waals surface area (Å²) in [4.78, 5) is 29.2. The number of nitrogens with zero attached hydrogens (tertiary/aromatic N) is 3. The fourth-order valence-corrected chi connectivity index (χ4v) is 4.04. The Hall–Kier alpha value is -3.78. The summed E-state index contributed by atoms with van der Waals surface area (Å²) in [7, 11) is 0. The van der Waals surface area contributed by atoms with E-state index in [2.05, 4.69) is 10.3 Å². The molecule has 0 fully saturated rings. The molecule has 0 unspecified atom stereocenters. The van der Waals surface area contributed by atoms with Crippen molar-refractivity contribution in [1.29, 1.82) is 0 Å². The lowest BCUT2D eigenvalue weighted by atomic mass is 10.1. The number of carbonyl (C=O) groups is 2. The predicted octanol–water partition coefficient (Wildman–Crippen LogP) is 4.72. The third-order valence-corrected chi connectivity index (χ3v) is 5.73. The van der Waals surface area contributed by atoms with Gasteiger partial charge in [-0.2, -0.15) is 5.10 Å². The van der Waals surface area contributed by atoms with Crippen molar-refractivity contribution < 1.29 is 14.3 Å². The number of carbonyl (C=O) groups excluding carboxylic acids is 2. The summed E-state index contributed by atoms with van der Waals surface area (Å²) in [5.74, 6) is -0.647. The average molecular weight is 461 g/mol. The van der Waals surface area contributed by atoms with E-state index in [1.54, 1.807) is 23.2 Å². The van der Waals surface area contributed by atoms with Crippen LogP contribution in [-0.2, 0) is 22.5 Å². The third kappa shape index (κ3) is 5.72. The maximum atomic E-state index is 13.2. The van der Waals surface area contributed by atoms with Gasteiger partial charge in [-0.1, -0.05) is 60.2 Å². The van der Waals surface area contributed by atoms with Crippen LogP contribution in [0.15, 0.2) is 66.2 Å². The van der Waals surface area contributed by atoms with Gasteiger partial charge in [0.05, 0.1) is 30.8 Å². The molecule has 7 nitrogen and oxygen atoms in total. The molecule has 1 N–H and O–H groups in total. The Morgan fingerprint density at radius 2 is 1.85 bits per heavy atom. The highest BCUT2D eigenvalue weighted by atomic mass is 32.1. The highest BCUT2D eigenvalue weighted by Gasteiger charge is 2.20. The minimum absolute atomic E-state index is 0.0732. The first-order valence-corrected chi connectivity index (χ1v) is 11.5. The lowest BCUT2D eigenvalue weighted by Gasteiger charge is -2.03. The van der Waals surface area contributed by atoms with E-state index in [4.69, 9.17) is 9.84 Å². The normalized spacial score (nSPS) is 10.7. The van der Waals surface area contributed by atoms with Gasteiger partial charge in [0.25, 0.3) is 5.91 Å². The summed E-state index contributed by atoms with van der Waals surface area (Å²) in [6.45, 7) is 4.64. The summed E-state index contributed by atoms with van der Waals surface area (Å²) in [5, 5.41) is 9.72. The second-order valence-electron chi connectivity index (χ2n) is 7.52. The molecular weight excluding hydrogens is 436 g/mol. The van der Waals surface area contributed by atoms with Gasteiger partial charge in [0.15, 0.2) is 5.13 Å². The number of hydrogen-bond acceptors (Lipinski definition) is 6. The maximum absolute atomic E-state index is 13.2. The molecule has 168 valence electrons. The summed E-state index contributed by atoms with van der Waals surface area (Å²) >= 11 is 1.27. The molecule has 0 aliphatic rings. The van der Waals surface area contributed by atoms with Crippen LogP contribution in [0.5, 0.6) is 0 Å². The van der Waals surface area contributed by atoms with Crippen LogP contribution in [0.2, 0.25) is 0 Å². The van der Waals surface area contributed by atoms with Crippen LogP contribution >= 0.6 is 11.3 Å². The maximum Gasteiger partial charge on any atom is 0.311 e. The quantitative estimate of drug-likeness (QED) is 0.385. The molecule has 2 heterocycles. The second-order valence-corrected chi connectivity index (χ2v) is 8.38. The van der Waals surface area contributed by atoms with Crippen LogP contribution < -0.4 is 5.32 Å². The minimum Gasteiger partial charge on any atom is -0.466 e. The number of amides is 1. The Balaban J connectivity index is 1.58. The van der Waals surface area contributed by atoms with Gasteiger partial charge in [0.1, 0.15) is 5.69 Å². The predicted molar refractivity (Wildman–Crippen MR) is 128 cm³/mol. The van der Waals surface area contributed by atoms with E-state index >= 15 is 0 Å². The number of anilines is 1. The third-order valence-electron chi connectivity index (χ3n) is 4.92. The molecule has 0 bridgehead atoms. The van der Waals surface area contributed by atoms with Gasteiger partial charge in [-0.25, -0.2) is 4.98 Å². The van der Waals surface area contributed by atoms with E-state index in [0.29, 0.717) is 35.2 Å². The van der Waals surface area contributed by atoms with Crippen molar-refractivity contribution in [2.75, 3.05) is 11.9 Å². The first-order chi connectivity index (χ1) is 16.0. The molecule has 8 heteroatoms. The molecule has 33 heavy (non-hydrogen) atoms. The first kappa shape index (κ1) is 22.4. The fraction of sp³-hybridized carbons (Fsp3) is 0.200. The largest absolute Gasteiger partial charge is 0.466 e. The number of esters is 1. The molecule has 2 aromatic heterocycles. The van der Waals surface area contributed by atoms with Crippen molar-refractivity contribution in [3.8, 4) is 11.3 Å². The van der Waals surface area contributed by atoms with Crippen LogP contribution in [0.3, 0.4) is 0 Å². The topological polar surface area (TPSA) is 86.1 Å². The van der Waals surface area contributed by atoms with Crippen LogP contribution in [0.1, 0.15) is 34.1 Å². The Morgan fingerprint density at radius 3 is 2.58 bits per heavy atom. The van der Waals surface area contributed by atoms with Gasteiger partial charge in [-0.05, 0) is 19.4 Å². The van der Waals surface area contributed by atoms with E-state index in [1.165, 1.54) is 11.3 Å². The lowest BCUT2D eigenvalue weighted by Crippen LogP contribution is -2.13. The van der Waals surface area contributed by atoms with E-state index < -0.39 is 0 Å². The molecular formula is C25H24N4O3S. The Kier molecular flexibility index (Phi) is 6.95. The molecule has 0 aliphatic heterocycles. The summed E-state index contributed by atoms with van der Waals surface area (Å²) in [6, 6.07) is 17.9. The Morgan fingerprint density at radius 1 is 1.09 bits per heavy atom. The molecule has 4 rings (SSSR count). The average Bonchev–Trinajstić information content (AvgIpc) is 3.42. The monoisotopic (exact) mass is 460 g/mol. The number of ether oxygens (including phenoxy) is 1. The van der Waals surface area contributed by atoms with Crippen molar-refractivity contribution in [2.24, 2.45) is 0 Å². The zero-order valence-electron chi connectivity index (χ0n) is 18.4. The van der Waals surface area contributed by atoms with Crippen LogP contribution in [-0.4, -0.2) is 33.2 Å². The summed E-state index contributed by atoms with van der Waals surface area (Å²) in [6.07, 6.45) is 1.83. The summed E-state index contributed by atoms with van der Waals surface area (Å²) < 4.78 is 6.73. The summed E-state index contributed by atoms with van der Waals surface area (Å²) in [5.41, 5.74) is 4.70. The smallest absolute Gasteiger partial charge is 0.311 e. The van der Waals surface area contributed by atoms with Gasteiger partial charge >= 0.3 is 5.97 Å². The molecule has 2 aromatic carbocycles. The fourth-order valence-electron chi connectivity index (χ4n) is 3.33. The van der Waals surface area contributed by atoms with Gasteiger partial charge in [0.2, 0.25) is 0 Å². The molecule has 4 aromatic rings. The number of aromatic nitrogens is 3. The molecule has 1 amide bonds. The number of benzene rings is 2. The lowest BCUT2D eigenvalue weighted by molar-refractivity contribution is -0.142. The molecule has 0 saturated carbocycles. The number of nitrogens with one attached hydrogen (secondary N) is 1. The van der Waals surface area contributed by atoms with Crippen molar-refractivity contribution in [3.05, 3.63) is 88.6 Å². The molecule has 0 saturated heterocycles. The molecule has 0 atom stereocenters. The number of aryl methyl sites for hydroxylation is 1. The Labute approximate surface area is 196 Å². The van der Waals surface area contributed by atoms with E-state index in [9.17, 15) is 9.59 Å². The van der Waals surface area contributed by atoms with Crippen LogP contribution in [0.25, 0.3) is 11.3 Å². The molecule has 0 spiro atoms. The number of hydrogen-bond donors (Lipinski definition) is 1. The minimum atomic E-state index is -0.343. The van der Waals surface area contributed by atoms with Crippen molar-refractivity contribution in [2.45, 2.75) is 26.8 Å². The number of thiazole rings is 1. The molecule has 0 aliphatic carbocycles. The molecule has 0 radical (unpaired) electrons. The highest BCUT2D eigenvalue weighted by molar-refractivity contribution is 7.14. The standard InChI is InChI=1S/C25H24N4O3S/c1-3-32-22(30)13-20-16-33-25(26-20)27-24(31)21-15-29(14-18-7-5-4-6-8-18)28-23(21)19-11-9-17(2)10-12-19/h4-12,15-16H,3,13-14H2,1-2H3,(H,26,27,31). The van der Waals surface area contributed by atoms with Gasteiger partial charge in [0, 0.05) is 17.1 Å². The Bertz CT molecular complexity index is 1250. The van der Waals surface area contributed by atoms with Crippen LogP contribution in [0, 0.1) is 6.92 Å². The van der Waals surface area contributed by atoms with Crippen molar-refractivity contribution in [3.63, 3.8) is 0 Å². The second kappa shape index (κ2) is 10.2. The van der Waals surface area contributed by atoms with E-state index in [-0.39, 0.29) is 18.3 Å². The van der Waals surface area contributed by atoms with Crippen molar-refractivity contribution in [1.82, 2.24) is 14.8 Å². The van der Waals surface area contributed by atoms with E-state index in [0.717, 1.165) is 16.7 Å². The zero-order valence-corrected chi connectivity index (χ0v) is 19.3. The van der Waals surface area contributed by atoms with Crippen LogP contribution in [0.4, 0.5) is 5.13 Å². The SMILES string of the molecule is CCOC(=O)Cc1csc(NC(=O)c2cn(Cc3ccccc3)nc2-c2ccc(C)cc2)n1. The highest BCUT2D eigenvalue weighted by Crippen LogP contribution is 2.25. The van der Waals surface area contributed by atoms with Gasteiger partial charge in [-0.3, -0.25) is 19.6 Å². The zero-order chi connectivity index (χ0) is 23.2. The van der Waals surface area contributed by atoms with Gasteiger partial charge in [-0.15, -0.1) is 11.3 Å².